The van der Waals surface area contributed by atoms with Crippen LogP contribution in [0.3, 0.4) is 0 Å². The number of carbonyl (C=O) groups excluding carboxylic acids is 2. The minimum Gasteiger partial charge on any atom is -0.487 e. The molecule has 7 nitrogen and oxygen atoms in total. The van der Waals surface area contributed by atoms with Crippen LogP contribution in [0, 0.1) is 0 Å². The average molecular weight is 531 g/mol. The quantitative estimate of drug-likeness (QED) is 0.405. The van der Waals surface area contributed by atoms with Crippen molar-refractivity contribution in [3.05, 3.63) is 58.1 Å². The number of rotatable bonds is 7. The van der Waals surface area contributed by atoms with Crippen molar-refractivity contribution in [2.24, 2.45) is 0 Å². The summed E-state index contributed by atoms with van der Waals surface area (Å²) in [7, 11) is 0. The van der Waals surface area contributed by atoms with Crippen molar-refractivity contribution >= 4 is 29.2 Å². The molecule has 2 aromatic rings. The molecule has 194 valence electrons. The van der Waals surface area contributed by atoms with E-state index in [1.54, 1.807) is 24.3 Å². The van der Waals surface area contributed by atoms with Gasteiger partial charge in [-0.2, -0.15) is 8.78 Å². The van der Waals surface area contributed by atoms with Gasteiger partial charge in [-0.3, -0.25) is 9.59 Å². The van der Waals surface area contributed by atoms with Crippen LogP contribution in [-0.4, -0.2) is 44.0 Å². The fourth-order valence-corrected chi connectivity index (χ4v) is 4.25. The zero-order valence-electron chi connectivity index (χ0n) is 18.9. The number of ether oxygens (including phenoxy) is 3. The summed E-state index contributed by atoms with van der Waals surface area (Å²) < 4.78 is 66.7. The molecule has 2 N–H and O–H groups in total. The highest BCUT2D eigenvalue weighted by Crippen LogP contribution is 2.40. The molecule has 12 heteroatoms. The van der Waals surface area contributed by atoms with Crippen molar-refractivity contribution in [3.63, 3.8) is 0 Å². The summed E-state index contributed by atoms with van der Waals surface area (Å²) in [5.41, 5.74) is 2.51. The molecule has 2 aliphatic heterocycles. The molecule has 36 heavy (non-hydrogen) atoms. The van der Waals surface area contributed by atoms with Crippen molar-refractivity contribution in [2.45, 2.75) is 43.9 Å². The molecule has 0 aromatic heterocycles. The Morgan fingerprint density at radius 3 is 2.36 bits per heavy atom. The van der Waals surface area contributed by atoms with E-state index < -0.39 is 36.7 Å². The molecule has 4 rings (SSSR count). The first-order chi connectivity index (χ1) is 17.1. The van der Waals surface area contributed by atoms with Gasteiger partial charge in [-0.1, -0.05) is 23.7 Å². The largest absolute Gasteiger partial charge is 0.487 e. The maximum atomic E-state index is 13.1. The molecule has 2 aromatic carbocycles. The van der Waals surface area contributed by atoms with Crippen molar-refractivity contribution in [1.29, 1.82) is 0 Å². The topological polar surface area (TPSA) is 85.9 Å². The summed E-state index contributed by atoms with van der Waals surface area (Å²) in [5.74, 6) is -6.93. The molecule has 0 atom stereocenters. The Bertz CT molecular complexity index is 1110. The van der Waals surface area contributed by atoms with Crippen molar-refractivity contribution in [2.75, 3.05) is 25.0 Å². The van der Waals surface area contributed by atoms with Crippen LogP contribution >= 0.6 is 11.6 Å². The van der Waals surface area contributed by atoms with Crippen LogP contribution in [0.5, 0.6) is 5.75 Å². The van der Waals surface area contributed by atoms with Crippen LogP contribution in [0.25, 0.3) is 0 Å². The molecule has 1 saturated heterocycles. The average Bonchev–Trinajstić information content (AvgIpc) is 3.10. The van der Waals surface area contributed by atoms with E-state index in [0.29, 0.717) is 34.8 Å². The Balaban J connectivity index is 1.53. The van der Waals surface area contributed by atoms with E-state index in [9.17, 15) is 27.2 Å². The fraction of sp³-hybridized carbons (Fsp3) is 0.417. The molecule has 1 fully saturated rings. The Morgan fingerprint density at radius 1 is 1.06 bits per heavy atom. The normalized spacial score (nSPS) is 17.6. The first-order valence-electron chi connectivity index (χ1n) is 11.2. The van der Waals surface area contributed by atoms with Crippen LogP contribution in [0.1, 0.15) is 29.5 Å². The van der Waals surface area contributed by atoms with Crippen LogP contribution < -0.4 is 15.4 Å². The van der Waals surface area contributed by atoms with Crippen LogP contribution in [0.15, 0.2) is 36.4 Å². The molecule has 0 bridgehead atoms. The lowest BCUT2D eigenvalue weighted by atomic mass is 9.96. The first-order valence-corrected chi connectivity index (χ1v) is 11.6. The van der Waals surface area contributed by atoms with Gasteiger partial charge in [0.25, 0.3) is 5.79 Å². The molecule has 2 aliphatic rings. The summed E-state index contributed by atoms with van der Waals surface area (Å²) in [6, 6.07) is 9.27. The molecule has 0 saturated carbocycles. The van der Waals surface area contributed by atoms with Gasteiger partial charge in [-0.15, -0.1) is 0 Å². The molecule has 0 radical (unpaired) electrons. The standard InChI is InChI=1S/C24H23ClF4N2O5/c25-18-6-5-17-16(9-10-30-12-24(17)35-19(32)7-8-20(33)36-24)21(18)31-11-14-1-3-15(4-2-14)34-13-23(28,29)22(26)27/h1-6,22,30-31H,7-13H2. The number of nitrogens with one attached hydrogen (secondary N) is 2. The second kappa shape index (κ2) is 10.5. The number of alkyl halides is 4. The number of hydrogen-bond acceptors (Lipinski definition) is 7. The Kier molecular flexibility index (Phi) is 7.60. The van der Waals surface area contributed by atoms with Gasteiger partial charge in [0, 0.05) is 12.1 Å². The third-order valence-electron chi connectivity index (χ3n) is 5.82. The fourth-order valence-electron chi connectivity index (χ4n) is 4.00. The van der Waals surface area contributed by atoms with Crippen LogP contribution in [0.4, 0.5) is 23.2 Å². The molecule has 0 amide bonds. The Labute approximate surface area is 209 Å². The van der Waals surface area contributed by atoms with E-state index in [4.69, 9.17) is 25.8 Å². The molecule has 0 unspecified atom stereocenters. The van der Waals surface area contributed by atoms with Crippen molar-refractivity contribution < 1.29 is 41.4 Å². The lowest BCUT2D eigenvalue weighted by molar-refractivity contribution is -0.225. The molecular formula is C24H23ClF4N2O5. The maximum Gasteiger partial charge on any atom is 0.340 e. The lowest BCUT2D eigenvalue weighted by Gasteiger charge is -2.32. The number of esters is 2. The van der Waals surface area contributed by atoms with E-state index in [1.807, 2.05) is 0 Å². The van der Waals surface area contributed by atoms with Gasteiger partial charge in [-0.05, 0) is 48.4 Å². The molecule has 1 spiro atoms. The smallest absolute Gasteiger partial charge is 0.340 e. The number of anilines is 1. The minimum atomic E-state index is -4.24. The van der Waals surface area contributed by atoms with E-state index in [0.717, 1.165) is 5.56 Å². The summed E-state index contributed by atoms with van der Waals surface area (Å²) >= 11 is 6.48. The highest BCUT2D eigenvalue weighted by Gasteiger charge is 2.46. The maximum absolute atomic E-state index is 13.1. The van der Waals surface area contributed by atoms with E-state index in [-0.39, 0.29) is 31.7 Å². The summed E-state index contributed by atoms with van der Waals surface area (Å²) in [6.45, 7) is -0.568. The second-order valence-electron chi connectivity index (χ2n) is 8.42. The number of benzene rings is 2. The molecule has 0 aliphatic carbocycles. The Morgan fingerprint density at radius 2 is 1.72 bits per heavy atom. The van der Waals surface area contributed by atoms with E-state index >= 15 is 0 Å². The molecular weight excluding hydrogens is 508 g/mol. The lowest BCUT2D eigenvalue weighted by Crippen LogP contribution is -2.43. The summed E-state index contributed by atoms with van der Waals surface area (Å²) in [4.78, 5) is 24.5. The predicted molar refractivity (Wildman–Crippen MR) is 121 cm³/mol. The van der Waals surface area contributed by atoms with E-state index in [1.165, 1.54) is 12.1 Å². The van der Waals surface area contributed by atoms with Crippen LogP contribution in [-0.2, 0) is 37.8 Å². The number of hydrogen-bond donors (Lipinski definition) is 2. The zero-order valence-corrected chi connectivity index (χ0v) is 19.7. The Hall–Kier alpha value is -3.05. The van der Waals surface area contributed by atoms with Gasteiger partial charge in [0.2, 0.25) is 0 Å². The zero-order chi connectivity index (χ0) is 25.9. The predicted octanol–water partition coefficient (Wildman–Crippen LogP) is 4.41. The van der Waals surface area contributed by atoms with Crippen molar-refractivity contribution in [3.8, 4) is 5.75 Å². The van der Waals surface area contributed by atoms with Crippen molar-refractivity contribution in [1.82, 2.24) is 5.32 Å². The number of halogens is 5. The summed E-state index contributed by atoms with van der Waals surface area (Å²) in [6.07, 6.45) is -3.46. The van der Waals surface area contributed by atoms with Gasteiger partial charge in [0.05, 0.1) is 30.1 Å². The van der Waals surface area contributed by atoms with Gasteiger partial charge in [0.15, 0.2) is 6.61 Å². The van der Waals surface area contributed by atoms with Gasteiger partial charge >= 0.3 is 24.3 Å². The summed E-state index contributed by atoms with van der Waals surface area (Å²) in [5, 5.41) is 6.77. The first kappa shape index (κ1) is 26.0. The minimum absolute atomic E-state index is 0.0238. The number of fused-ring (bicyclic) bond motifs is 2. The second-order valence-corrected chi connectivity index (χ2v) is 8.83. The highest BCUT2D eigenvalue weighted by atomic mass is 35.5. The number of carbonyl (C=O) groups is 2. The third kappa shape index (κ3) is 5.67. The van der Waals surface area contributed by atoms with Gasteiger partial charge < -0.3 is 24.8 Å². The van der Waals surface area contributed by atoms with E-state index in [2.05, 4.69) is 10.6 Å². The molecule has 2 heterocycles. The van der Waals surface area contributed by atoms with Gasteiger partial charge in [0.1, 0.15) is 5.75 Å². The third-order valence-corrected chi connectivity index (χ3v) is 6.13. The monoisotopic (exact) mass is 530 g/mol. The van der Waals surface area contributed by atoms with Gasteiger partial charge in [-0.25, -0.2) is 8.78 Å². The highest BCUT2D eigenvalue weighted by molar-refractivity contribution is 6.33. The SMILES string of the molecule is O=C1CCC(=O)OC2(CNCCc3c2ccc(Cl)c3NCc2ccc(OCC(F)(F)C(F)F)cc2)O1. The van der Waals surface area contributed by atoms with Crippen LogP contribution in [0.2, 0.25) is 5.02 Å².